The number of aryl methyl sites for hydroxylation is 1. The molecule has 5 nitrogen and oxygen atoms in total. The minimum absolute atomic E-state index is 0.0409. The van der Waals surface area contributed by atoms with Gasteiger partial charge in [-0.1, -0.05) is 29.8 Å². The molecule has 1 heterocycles. The van der Waals surface area contributed by atoms with Gasteiger partial charge in [0.25, 0.3) is 5.91 Å². The Bertz CT molecular complexity index is 763. The maximum atomic E-state index is 12.7. The summed E-state index contributed by atoms with van der Waals surface area (Å²) in [5, 5.41) is 8.41. The number of hydrogen-bond acceptors (Lipinski definition) is 3. The molecule has 6 heteroatoms. The molecule has 1 saturated carbocycles. The van der Waals surface area contributed by atoms with E-state index in [2.05, 4.69) is 10.4 Å². The Morgan fingerprint density at radius 2 is 1.96 bits per heavy atom. The number of carbonyl (C=O) groups excluding carboxylic acids is 1. The highest BCUT2D eigenvalue weighted by Crippen LogP contribution is 2.21. The fourth-order valence-electron chi connectivity index (χ4n) is 3.49. The first-order chi connectivity index (χ1) is 12.0. The molecular weight excluding hydrogens is 336 g/mol. The van der Waals surface area contributed by atoms with Crippen molar-refractivity contribution in [1.29, 1.82) is 0 Å². The number of hydrogen-bond donors (Lipinski definition) is 2. The second-order valence-corrected chi connectivity index (χ2v) is 7.29. The van der Waals surface area contributed by atoms with Crippen LogP contribution >= 0.6 is 11.6 Å². The summed E-state index contributed by atoms with van der Waals surface area (Å²) < 4.78 is 1.85. The SMILES string of the molecule is Cc1nn(Cc2ccccc2Cl)c(C)c1C(=O)NC1CCC(N)CC1. The molecule has 3 rings (SSSR count). The lowest BCUT2D eigenvalue weighted by Gasteiger charge is -2.26. The molecule has 0 bridgehead atoms. The van der Waals surface area contributed by atoms with Gasteiger partial charge in [0, 0.05) is 22.8 Å². The van der Waals surface area contributed by atoms with Crippen LogP contribution in [0.4, 0.5) is 0 Å². The van der Waals surface area contributed by atoms with Crippen LogP contribution in [0.1, 0.15) is 53.0 Å². The smallest absolute Gasteiger partial charge is 0.255 e. The summed E-state index contributed by atoms with van der Waals surface area (Å²) in [5.74, 6) is -0.0409. The van der Waals surface area contributed by atoms with Gasteiger partial charge in [0.1, 0.15) is 0 Å². The molecule has 2 aromatic rings. The molecule has 1 fully saturated rings. The third kappa shape index (κ3) is 4.05. The summed E-state index contributed by atoms with van der Waals surface area (Å²) >= 11 is 6.25. The van der Waals surface area contributed by atoms with Crippen LogP contribution < -0.4 is 11.1 Å². The molecule has 1 aromatic heterocycles. The van der Waals surface area contributed by atoms with E-state index >= 15 is 0 Å². The van der Waals surface area contributed by atoms with Crippen molar-refractivity contribution in [2.45, 2.75) is 58.2 Å². The molecule has 1 aliphatic rings. The van der Waals surface area contributed by atoms with Crippen LogP contribution in [-0.2, 0) is 6.54 Å². The zero-order valence-electron chi connectivity index (χ0n) is 14.8. The second-order valence-electron chi connectivity index (χ2n) is 6.88. The van der Waals surface area contributed by atoms with E-state index in [1.165, 1.54) is 0 Å². The van der Waals surface area contributed by atoms with Crippen LogP contribution in [0.3, 0.4) is 0 Å². The van der Waals surface area contributed by atoms with Gasteiger partial charge in [-0.05, 0) is 51.2 Å². The van der Waals surface area contributed by atoms with Gasteiger partial charge in [-0.15, -0.1) is 0 Å². The second kappa shape index (κ2) is 7.58. The topological polar surface area (TPSA) is 72.9 Å². The number of benzene rings is 1. The van der Waals surface area contributed by atoms with E-state index in [-0.39, 0.29) is 18.0 Å². The zero-order valence-corrected chi connectivity index (χ0v) is 15.5. The first-order valence-corrected chi connectivity index (χ1v) is 9.17. The van der Waals surface area contributed by atoms with E-state index in [4.69, 9.17) is 17.3 Å². The Morgan fingerprint density at radius 3 is 2.64 bits per heavy atom. The van der Waals surface area contributed by atoms with Crippen molar-refractivity contribution in [3.05, 3.63) is 51.8 Å². The van der Waals surface area contributed by atoms with Gasteiger partial charge in [-0.25, -0.2) is 0 Å². The van der Waals surface area contributed by atoms with E-state index in [1.54, 1.807) is 0 Å². The fraction of sp³-hybridized carbons (Fsp3) is 0.474. The first-order valence-electron chi connectivity index (χ1n) is 8.79. The predicted molar refractivity (Wildman–Crippen MR) is 100.0 cm³/mol. The molecule has 0 saturated heterocycles. The van der Waals surface area contributed by atoms with E-state index in [0.717, 1.165) is 42.6 Å². The van der Waals surface area contributed by atoms with Crippen LogP contribution in [0.2, 0.25) is 5.02 Å². The van der Waals surface area contributed by atoms with Crippen molar-refractivity contribution in [3.8, 4) is 0 Å². The van der Waals surface area contributed by atoms with Crippen molar-refractivity contribution < 1.29 is 4.79 Å². The maximum Gasteiger partial charge on any atom is 0.255 e. The Hall–Kier alpha value is -1.85. The number of nitrogens with one attached hydrogen (secondary N) is 1. The third-order valence-electron chi connectivity index (χ3n) is 4.99. The summed E-state index contributed by atoms with van der Waals surface area (Å²) in [4.78, 5) is 12.7. The summed E-state index contributed by atoms with van der Waals surface area (Å²) in [7, 11) is 0. The normalized spacial score (nSPS) is 20.5. The molecule has 0 aliphatic heterocycles. The van der Waals surface area contributed by atoms with Crippen molar-refractivity contribution >= 4 is 17.5 Å². The number of rotatable bonds is 4. The van der Waals surface area contributed by atoms with E-state index < -0.39 is 0 Å². The quantitative estimate of drug-likeness (QED) is 0.879. The average Bonchev–Trinajstić information content (AvgIpc) is 2.86. The highest BCUT2D eigenvalue weighted by molar-refractivity contribution is 6.31. The Kier molecular flexibility index (Phi) is 5.45. The molecule has 0 atom stereocenters. The van der Waals surface area contributed by atoms with Crippen molar-refractivity contribution in [2.75, 3.05) is 0 Å². The molecular formula is C19H25ClN4O. The van der Waals surface area contributed by atoms with E-state index in [0.29, 0.717) is 17.1 Å². The van der Waals surface area contributed by atoms with Gasteiger partial charge in [0.2, 0.25) is 0 Å². The molecule has 1 aliphatic carbocycles. The van der Waals surface area contributed by atoms with Gasteiger partial charge >= 0.3 is 0 Å². The first kappa shape index (κ1) is 18.0. The number of carbonyl (C=O) groups is 1. The van der Waals surface area contributed by atoms with Gasteiger partial charge in [0.15, 0.2) is 0 Å². The molecule has 134 valence electrons. The summed E-state index contributed by atoms with van der Waals surface area (Å²) in [6, 6.07) is 8.18. The largest absolute Gasteiger partial charge is 0.349 e. The van der Waals surface area contributed by atoms with Crippen LogP contribution in [0, 0.1) is 13.8 Å². The lowest BCUT2D eigenvalue weighted by Crippen LogP contribution is -2.40. The van der Waals surface area contributed by atoms with E-state index in [9.17, 15) is 4.79 Å². The maximum absolute atomic E-state index is 12.7. The monoisotopic (exact) mass is 360 g/mol. The summed E-state index contributed by atoms with van der Waals surface area (Å²) in [6.45, 7) is 4.36. The molecule has 0 unspecified atom stereocenters. The minimum atomic E-state index is -0.0409. The van der Waals surface area contributed by atoms with E-state index in [1.807, 2.05) is 42.8 Å². The number of halogens is 1. The molecule has 25 heavy (non-hydrogen) atoms. The van der Waals surface area contributed by atoms with Gasteiger partial charge < -0.3 is 11.1 Å². The zero-order chi connectivity index (χ0) is 18.0. The van der Waals surface area contributed by atoms with Crippen molar-refractivity contribution in [1.82, 2.24) is 15.1 Å². The number of nitrogens with two attached hydrogens (primary N) is 1. The Morgan fingerprint density at radius 1 is 1.28 bits per heavy atom. The summed E-state index contributed by atoms with van der Waals surface area (Å²) in [6.07, 6.45) is 3.82. The highest BCUT2D eigenvalue weighted by atomic mass is 35.5. The summed E-state index contributed by atoms with van der Waals surface area (Å²) in [5.41, 5.74) is 9.20. The van der Waals surface area contributed by atoms with Crippen LogP contribution in [0.5, 0.6) is 0 Å². The predicted octanol–water partition coefficient (Wildman–Crippen LogP) is 3.20. The van der Waals surface area contributed by atoms with Gasteiger partial charge in [-0.2, -0.15) is 5.10 Å². The highest BCUT2D eigenvalue weighted by Gasteiger charge is 2.24. The number of amides is 1. The third-order valence-corrected chi connectivity index (χ3v) is 5.36. The number of nitrogens with zero attached hydrogens (tertiary/aromatic N) is 2. The fourth-order valence-corrected chi connectivity index (χ4v) is 3.68. The average molecular weight is 361 g/mol. The Labute approximate surface area is 153 Å². The molecule has 3 N–H and O–H groups in total. The van der Waals surface area contributed by atoms with Crippen molar-refractivity contribution in [3.63, 3.8) is 0 Å². The van der Waals surface area contributed by atoms with Crippen LogP contribution in [-0.4, -0.2) is 27.8 Å². The Balaban J connectivity index is 1.75. The molecule has 1 aromatic carbocycles. The molecule has 0 radical (unpaired) electrons. The minimum Gasteiger partial charge on any atom is -0.349 e. The lowest BCUT2D eigenvalue weighted by atomic mass is 9.91. The molecule has 1 amide bonds. The van der Waals surface area contributed by atoms with Crippen molar-refractivity contribution in [2.24, 2.45) is 5.73 Å². The lowest BCUT2D eigenvalue weighted by molar-refractivity contribution is 0.0924. The van der Waals surface area contributed by atoms with Crippen LogP contribution in [0.15, 0.2) is 24.3 Å². The molecule has 0 spiro atoms. The number of aromatic nitrogens is 2. The van der Waals surface area contributed by atoms with Gasteiger partial charge in [0.05, 0.1) is 17.8 Å². The standard InChI is InChI=1S/C19H25ClN4O/c1-12-18(19(25)22-16-9-7-15(21)8-10-16)13(2)24(23-12)11-14-5-3-4-6-17(14)20/h3-6,15-16H,7-11,21H2,1-2H3,(H,22,25). The van der Waals surface area contributed by atoms with Crippen LogP contribution in [0.25, 0.3) is 0 Å². The van der Waals surface area contributed by atoms with Gasteiger partial charge in [-0.3, -0.25) is 9.48 Å².